The Kier molecular flexibility index (Phi) is 6.10. The number of nitrogen functional groups attached to an aromatic ring is 1. The molecular formula is C10H20N6OS. The summed E-state index contributed by atoms with van der Waals surface area (Å²) in [7, 11) is 4.04. The molecule has 0 fully saturated rings. The van der Waals surface area contributed by atoms with E-state index >= 15 is 0 Å². The molecule has 0 unspecified atom stereocenters. The maximum absolute atomic E-state index is 5.44. The summed E-state index contributed by atoms with van der Waals surface area (Å²) in [4.78, 5) is 14.5. The minimum absolute atomic E-state index is 0.0117. The van der Waals surface area contributed by atoms with Gasteiger partial charge < -0.3 is 9.64 Å². The summed E-state index contributed by atoms with van der Waals surface area (Å²) in [5.74, 6) is 6.52. The van der Waals surface area contributed by atoms with Gasteiger partial charge in [-0.15, -0.1) is 0 Å². The van der Waals surface area contributed by atoms with E-state index in [0.29, 0.717) is 17.1 Å². The van der Waals surface area contributed by atoms with Crippen molar-refractivity contribution < 1.29 is 4.74 Å². The predicted molar refractivity (Wildman–Crippen MR) is 72.7 cm³/mol. The molecule has 0 aliphatic rings. The molecule has 102 valence electrons. The van der Waals surface area contributed by atoms with Crippen LogP contribution in [0.5, 0.6) is 6.01 Å². The molecule has 1 aromatic heterocycles. The lowest BCUT2D eigenvalue weighted by atomic mass is 10.5. The molecule has 1 rings (SSSR count). The van der Waals surface area contributed by atoms with Gasteiger partial charge in [-0.05, 0) is 27.9 Å². The quantitative estimate of drug-likeness (QED) is 0.424. The summed E-state index contributed by atoms with van der Waals surface area (Å²) >= 11 is 1.54. The van der Waals surface area contributed by atoms with E-state index in [9.17, 15) is 0 Å². The van der Waals surface area contributed by atoms with Crippen molar-refractivity contribution in [2.75, 3.05) is 31.8 Å². The van der Waals surface area contributed by atoms with Gasteiger partial charge in [0, 0.05) is 12.3 Å². The van der Waals surface area contributed by atoms with Crippen molar-refractivity contribution in [3.05, 3.63) is 0 Å². The van der Waals surface area contributed by atoms with Crippen molar-refractivity contribution in [3.8, 4) is 6.01 Å². The molecule has 0 saturated heterocycles. The van der Waals surface area contributed by atoms with E-state index in [1.54, 1.807) is 11.8 Å². The Morgan fingerprint density at radius 2 is 2.06 bits per heavy atom. The Bertz CT molecular complexity index is 373. The molecule has 0 spiro atoms. The van der Waals surface area contributed by atoms with Gasteiger partial charge in [-0.3, -0.25) is 5.43 Å². The number of hydrazine groups is 1. The number of hydrogen-bond donors (Lipinski definition) is 2. The van der Waals surface area contributed by atoms with E-state index in [0.717, 1.165) is 12.3 Å². The van der Waals surface area contributed by atoms with E-state index in [4.69, 9.17) is 10.6 Å². The average molecular weight is 272 g/mol. The van der Waals surface area contributed by atoms with Crippen molar-refractivity contribution in [3.63, 3.8) is 0 Å². The predicted octanol–water partition coefficient (Wildman–Crippen LogP) is 0.598. The second-order valence-electron chi connectivity index (χ2n) is 4.19. The SMILES string of the molecule is CC(C)Oc1nc(NN)nc(SCCN(C)C)n1. The number of anilines is 1. The summed E-state index contributed by atoms with van der Waals surface area (Å²) in [6.07, 6.45) is 0.0117. The molecule has 0 bridgehead atoms. The van der Waals surface area contributed by atoms with E-state index < -0.39 is 0 Å². The Balaban J connectivity index is 2.70. The van der Waals surface area contributed by atoms with Crippen LogP contribution in [0.1, 0.15) is 13.8 Å². The molecule has 0 amide bonds. The highest BCUT2D eigenvalue weighted by Gasteiger charge is 2.08. The van der Waals surface area contributed by atoms with Gasteiger partial charge in [0.25, 0.3) is 0 Å². The molecule has 0 radical (unpaired) electrons. The highest BCUT2D eigenvalue weighted by molar-refractivity contribution is 7.99. The number of rotatable bonds is 7. The van der Waals surface area contributed by atoms with Crippen LogP contribution in [0.25, 0.3) is 0 Å². The number of nitrogens with one attached hydrogen (secondary N) is 1. The number of nitrogens with zero attached hydrogens (tertiary/aromatic N) is 4. The van der Waals surface area contributed by atoms with Crippen LogP contribution in [0, 0.1) is 0 Å². The number of ether oxygens (including phenoxy) is 1. The largest absolute Gasteiger partial charge is 0.461 e. The average Bonchev–Trinajstić information content (AvgIpc) is 2.27. The zero-order chi connectivity index (χ0) is 13.5. The van der Waals surface area contributed by atoms with E-state index in [1.807, 2.05) is 27.9 Å². The molecule has 8 heteroatoms. The standard InChI is InChI=1S/C10H20N6OS/c1-7(2)17-9-12-8(15-11)13-10(14-9)18-6-5-16(3)4/h7H,5-6,11H2,1-4H3,(H,12,13,14,15). The molecular weight excluding hydrogens is 252 g/mol. The molecule has 0 saturated carbocycles. The maximum Gasteiger partial charge on any atom is 0.322 e. The van der Waals surface area contributed by atoms with Crippen LogP contribution in [0.3, 0.4) is 0 Å². The summed E-state index contributed by atoms with van der Waals surface area (Å²) in [5.41, 5.74) is 2.41. The summed E-state index contributed by atoms with van der Waals surface area (Å²) in [5, 5.41) is 0.607. The van der Waals surface area contributed by atoms with Crippen LogP contribution in [0.2, 0.25) is 0 Å². The molecule has 0 aromatic carbocycles. The van der Waals surface area contributed by atoms with Crippen LogP contribution in [0.4, 0.5) is 5.95 Å². The molecule has 3 N–H and O–H groups in total. The van der Waals surface area contributed by atoms with Gasteiger partial charge in [0.05, 0.1) is 6.10 Å². The van der Waals surface area contributed by atoms with E-state index in [1.165, 1.54) is 0 Å². The number of aromatic nitrogens is 3. The minimum atomic E-state index is 0.0117. The van der Waals surface area contributed by atoms with Crippen molar-refractivity contribution in [2.24, 2.45) is 5.84 Å². The lowest BCUT2D eigenvalue weighted by Crippen LogP contribution is -2.16. The topological polar surface area (TPSA) is 89.2 Å². The van der Waals surface area contributed by atoms with Crippen LogP contribution in [0.15, 0.2) is 5.16 Å². The van der Waals surface area contributed by atoms with Gasteiger partial charge in [-0.1, -0.05) is 11.8 Å². The lowest BCUT2D eigenvalue weighted by molar-refractivity contribution is 0.219. The Morgan fingerprint density at radius 1 is 1.33 bits per heavy atom. The second-order valence-corrected chi connectivity index (χ2v) is 5.25. The molecule has 0 aliphatic carbocycles. The van der Waals surface area contributed by atoms with Gasteiger partial charge in [0.1, 0.15) is 0 Å². The van der Waals surface area contributed by atoms with Gasteiger partial charge in [-0.2, -0.15) is 15.0 Å². The zero-order valence-electron chi connectivity index (χ0n) is 11.2. The van der Waals surface area contributed by atoms with E-state index in [2.05, 4.69) is 25.3 Å². The number of nitrogens with two attached hydrogens (primary N) is 1. The summed E-state index contributed by atoms with van der Waals surface area (Å²) in [6, 6.07) is 0.292. The van der Waals surface area contributed by atoms with Crippen LogP contribution in [-0.4, -0.2) is 52.3 Å². The van der Waals surface area contributed by atoms with Gasteiger partial charge in [0.2, 0.25) is 5.95 Å². The minimum Gasteiger partial charge on any atom is -0.461 e. The third-order valence-electron chi connectivity index (χ3n) is 1.83. The van der Waals surface area contributed by atoms with Gasteiger partial charge in [0.15, 0.2) is 5.16 Å². The molecule has 0 atom stereocenters. The Morgan fingerprint density at radius 3 is 2.61 bits per heavy atom. The Labute approximate surface area is 112 Å². The smallest absolute Gasteiger partial charge is 0.322 e. The number of thioether (sulfide) groups is 1. The highest BCUT2D eigenvalue weighted by atomic mass is 32.2. The lowest BCUT2D eigenvalue weighted by Gasteiger charge is -2.11. The van der Waals surface area contributed by atoms with Crippen molar-refractivity contribution >= 4 is 17.7 Å². The monoisotopic (exact) mass is 272 g/mol. The molecule has 7 nitrogen and oxygen atoms in total. The Hall–Kier alpha value is -1.12. The van der Waals surface area contributed by atoms with Crippen LogP contribution in [-0.2, 0) is 0 Å². The number of hydrogen-bond acceptors (Lipinski definition) is 8. The van der Waals surface area contributed by atoms with Gasteiger partial charge in [-0.25, -0.2) is 5.84 Å². The summed E-state index contributed by atoms with van der Waals surface area (Å²) < 4.78 is 5.44. The van der Waals surface area contributed by atoms with Crippen LogP contribution < -0.4 is 16.0 Å². The van der Waals surface area contributed by atoms with Gasteiger partial charge >= 0.3 is 6.01 Å². The van der Waals surface area contributed by atoms with Crippen molar-refractivity contribution in [2.45, 2.75) is 25.1 Å². The van der Waals surface area contributed by atoms with Crippen molar-refractivity contribution in [1.29, 1.82) is 0 Å². The first-order chi connectivity index (χ1) is 8.51. The molecule has 18 heavy (non-hydrogen) atoms. The fourth-order valence-electron chi connectivity index (χ4n) is 1.05. The molecule has 1 heterocycles. The second kappa shape index (κ2) is 7.34. The highest BCUT2D eigenvalue weighted by Crippen LogP contribution is 2.17. The fourth-order valence-corrected chi connectivity index (χ4v) is 1.98. The first-order valence-electron chi connectivity index (χ1n) is 5.68. The third kappa shape index (κ3) is 5.48. The normalized spacial score (nSPS) is 11.1. The zero-order valence-corrected chi connectivity index (χ0v) is 12.0. The molecule has 0 aliphatic heterocycles. The fraction of sp³-hybridized carbons (Fsp3) is 0.700. The maximum atomic E-state index is 5.44. The molecule has 1 aromatic rings. The first-order valence-corrected chi connectivity index (χ1v) is 6.66. The third-order valence-corrected chi connectivity index (χ3v) is 2.66. The van der Waals surface area contributed by atoms with E-state index in [-0.39, 0.29) is 6.10 Å². The summed E-state index contributed by atoms with van der Waals surface area (Å²) in [6.45, 7) is 4.78. The first kappa shape index (κ1) is 14.9. The van der Waals surface area contributed by atoms with Crippen molar-refractivity contribution in [1.82, 2.24) is 19.9 Å². The van der Waals surface area contributed by atoms with Crippen LogP contribution >= 0.6 is 11.8 Å².